The number of hydrazine groups is 1. The van der Waals surface area contributed by atoms with Crippen molar-refractivity contribution in [1.82, 2.24) is 4.98 Å². The van der Waals surface area contributed by atoms with Crippen molar-refractivity contribution in [3.63, 3.8) is 0 Å². The second-order valence-corrected chi connectivity index (χ2v) is 3.81. The van der Waals surface area contributed by atoms with E-state index in [2.05, 4.69) is 15.7 Å². The Morgan fingerprint density at radius 2 is 2.15 bits per heavy atom. The molecule has 0 aliphatic carbocycles. The number of rotatable bonds is 3. The Kier molecular flexibility index (Phi) is 3.88. The van der Waals surface area contributed by atoms with Gasteiger partial charge in [-0.1, -0.05) is 6.07 Å². The van der Waals surface area contributed by atoms with Gasteiger partial charge in [0.25, 0.3) is 5.91 Å². The minimum Gasteiger partial charge on any atom is -0.318 e. The third-order valence-electron chi connectivity index (χ3n) is 2.48. The van der Waals surface area contributed by atoms with E-state index in [-0.39, 0.29) is 16.9 Å². The van der Waals surface area contributed by atoms with Gasteiger partial charge in [0, 0.05) is 0 Å². The number of anilines is 2. The zero-order valence-electron chi connectivity index (χ0n) is 10.2. The van der Waals surface area contributed by atoms with Crippen LogP contribution in [0.15, 0.2) is 36.4 Å². The molecule has 2 aromatic rings. The standard InChI is InChI=1S/C13H10FN5O/c14-9-6-8(7-15)4-5-10(9)18-13(20)11-2-1-3-12(17-11)19-16/h1-6H,16H2,(H,17,19)(H,18,20). The molecule has 0 bridgehead atoms. The Bertz CT molecular complexity index is 695. The highest BCUT2D eigenvalue weighted by atomic mass is 19.1. The number of hydrogen-bond acceptors (Lipinski definition) is 5. The zero-order chi connectivity index (χ0) is 14.5. The SMILES string of the molecule is N#Cc1ccc(NC(=O)c2cccc(NN)n2)c(F)c1. The summed E-state index contributed by atoms with van der Waals surface area (Å²) in [5.74, 6) is 4.24. The molecule has 1 aromatic heterocycles. The van der Waals surface area contributed by atoms with Crippen molar-refractivity contribution in [1.29, 1.82) is 5.26 Å². The topological polar surface area (TPSA) is 104 Å². The minimum absolute atomic E-state index is 0.0260. The third kappa shape index (κ3) is 2.88. The molecule has 0 radical (unpaired) electrons. The summed E-state index contributed by atoms with van der Waals surface area (Å²) in [6.07, 6.45) is 0. The summed E-state index contributed by atoms with van der Waals surface area (Å²) >= 11 is 0. The quantitative estimate of drug-likeness (QED) is 0.581. The van der Waals surface area contributed by atoms with E-state index >= 15 is 0 Å². The number of nitrogens with two attached hydrogens (primary N) is 1. The molecule has 6 nitrogen and oxygen atoms in total. The summed E-state index contributed by atoms with van der Waals surface area (Å²) in [6.45, 7) is 0. The van der Waals surface area contributed by atoms with Crippen molar-refractivity contribution in [2.75, 3.05) is 10.7 Å². The number of aromatic nitrogens is 1. The number of benzene rings is 1. The van der Waals surface area contributed by atoms with Crippen LogP contribution in [0.4, 0.5) is 15.9 Å². The summed E-state index contributed by atoms with van der Waals surface area (Å²) in [7, 11) is 0. The van der Waals surface area contributed by atoms with Gasteiger partial charge in [0.1, 0.15) is 17.3 Å². The molecule has 1 amide bonds. The van der Waals surface area contributed by atoms with Crippen LogP contribution in [0.3, 0.4) is 0 Å². The van der Waals surface area contributed by atoms with Crippen LogP contribution in [0.2, 0.25) is 0 Å². The highest BCUT2D eigenvalue weighted by molar-refractivity contribution is 6.03. The van der Waals surface area contributed by atoms with Crippen molar-refractivity contribution in [3.8, 4) is 6.07 Å². The number of nitrogens with one attached hydrogen (secondary N) is 2. The van der Waals surface area contributed by atoms with Crippen LogP contribution in [0.1, 0.15) is 16.1 Å². The van der Waals surface area contributed by atoms with E-state index in [0.717, 1.165) is 6.07 Å². The van der Waals surface area contributed by atoms with Gasteiger partial charge >= 0.3 is 0 Å². The maximum atomic E-state index is 13.6. The van der Waals surface area contributed by atoms with E-state index in [1.54, 1.807) is 12.1 Å². The lowest BCUT2D eigenvalue weighted by atomic mass is 10.2. The van der Waals surface area contributed by atoms with Crippen LogP contribution < -0.4 is 16.6 Å². The maximum Gasteiger partial charge on any atom is 0.274 e. The smallest absolute Gasteiger partial charge is 0.274 e. The fourth-order valence-electron chi connectivity index (χ4n) is 1.51. The molecule has 0 spiro atoms. The van der Waals surface area contributed by atoms with Crippen molar-refractivity contribution in [2.45, 2.75) is 0 Å². The zero-order valence-corrected chi connectivity index (χ0v) is 10.2. The molecule has 0 aliphatic rings. The highest BCUT2D eigenvalue weighted by Crippen LogP contribution is 2.16. The van der Waals surface area contributed by atoms with Crippen molar-refractivity contribution in [2.24, 2.45) is 5.84 Å². The molecule has 0 atom stereocenters. The molecule has 2 rings (SSSR count). The van der Waals surface area contributed by atoms with E-state index in [9.17, 15) is 9.18 Å². The Balaban J connectivity index is 2.21. The van der Waals surface area contributed by atoms with Crippen LogP contribution in [0.5, 0.6) is 0 Å². The van der Waals surface area contributed by atoms with Crippen LogP contribution in [0.25, 0.3) is 0 Å². The van der Waals surface area contributed by atoms with Gasteiger partial charge < -0.3 is 10.7 Å². The van der Waals surface area contributed by atoms with E-state index in [0.29, 0.717) is 5.82 Å². The molecule has 0 aliphatic heterocycles. The summed E-state index contributed by atoms with van der Waals surface area (Å²) < 4.78 is 13.6. The van der Waals surface area contributed by atoms with Crippen LogP contribution in [-0.2, 0) is 0 Å². The summed E-state index contributed by atoms with van der Waals surface area (Å²) in [5.41, 5.74) is 2.55. The van der Waals surface area contributed by atoms with E-state index in [1.165, 1.54) is 18.2 Å². The number of nitrogen functional groups attached to an aromatic ring is 1. The summed E-state index contributed by atoms with van der Waals surface area (Å²) in [4.78, 5) is 15.8. The highest BCUT2D eigenvalue weighted by Gasteiger charge is 2.11. The lowest BCUT2D eigenvalue weighted by Gasteiger charge is -2.07. The van der Waals surface area contributed by atoms with Gasteiger partial charge in [-0.05, 0) is 30.3 Å². The van der Waals surface area contributed by atoms with Gasteiger partial charge in [-0.2, -0.15) is 5.26 Å². The molecule has 1 heterocycles. The van der Waals surface area contributed by atoms with Gasteiger partial charge in [-0.3, -0.25) is 4.79 Å². The first-order valence-corrected chi connectivity index (χ1v) is 5.58. The van der Waals surface area contributed by atoms with Crippen molar-refractivity contribution in [3.05, 3.63) is 53.5 Å². The molecule has 0 saturated carbocycles. The number of pyridine rings is 1. The predicted octanol–water partition coefficient (Wildman–Crippen LogP) is 1.63. The monoisotopic (exact) mass is 271 g/mol. The second kappa shape index (κ2) is 5.77. The Morgan fingerprint density at radius 3 is 2.80 bits per heavy atom. The Labute approximate surface area is 114 Å². The molecule has 0 fully saturated rings. The lowest BCUT2D eigenvalue weighted by molar-refractivity contribution is 0.102. The fraction of sp³-hybridized carbons (Fsp3) is 0. The number of hydrogen-bond donors (Lipinski definition) is 3. The average molecular weight is 271 g/mol. The van der Waals surface area contributed by atoms with Gasteiger partial charge in [0.05, 0.1) is 17.3 Å². The van der Waals surface area contributed by atoms with Crippen LogP contribution in [-0.4, -0.2) is 10.9 Å². The number of nitrogens with zero attached hydrogens (tertiary/aromatic N) is 2. The van der Waals surface area contributed by atoms with Crippen molar-refractivity contribution >= 4 is 17.4 Å². The number of nitriles is 1. The van der Waals surface area contributed by atoms with E-state index < -0.39 is 11.7 Å². The van der Waals surface area contributed by atoms with Gasteiger partial charge in [-0.25, -0.2) is 15.2 Å². The third-order valence-corrected chi connectivity index (χ3v) is 2.48. The fourth-order valence-corrected chi connectivity index (χ4v) is 1.51. The summed E-state index contributed by atoms with van der Waals surface area (Å²) in [6, 6.07) is 10.2. The molecule has 1 aromatic carbocycles. The maximum absolute atomic E-state index is 13.6. The number of amides is 1. The Hall–Kier alpha value is -2.98. The van der Waals surface area contributed by atoms with E-state index in [1.807, 2.05) is 6.07 Å². The number of carbonyl (C=O) groups is 1. The Morgan fingerprint density at radius 1 is 1.35 bits per heavy atom. The van der Waals surface area contributed by atoms with E-state index in [4.69, 9.17) is 11.1 Å². The lowest BCUT2D eigenvalue weighted by Crippen LogP contribution is -2.16. The second-order valence-electron chi connectivity index (χ2n) is 3.81. The largest absolute Gasteiger partial charge is 0.318 e. The van der Waals surface area contributed by atoms with Crippen LogP contribution >= 0.6 is 0 Å². The van der Waals surface area contributed by atoms with Gasteiger partial charge in [0.2, 0.25) is 0 Å². The molecule has 4 N–H and O–H groups in total. The molecule has 0 saturated heterocycles. The molecule has 0 unspecified atom stereocenters. The number of carbonyl (C=O) groups excluding carboxylic acids is 1. The van der Waals surface area contributed by atoms with Crippen molar-refractivity contribution < 1.29 is 9.18 Å². The first-order chi connectivity index (χ1) is 9.63. The normalized spacial score (nSPS) is 9.65. The molecular formula is C13H10FN5O. The number of halogens is 1. The molecule has 7 heteroatoms. The van der Waals surface area contributed by atoms with Crippen LogP contribution in [0, 0.1) is 17.1 Å². The predicted molar refractivity (Wildman–Crippen MR) is 71.1 cm³/mol. The van der Waals surface area contributed by atoms with Gasteiger partial charge in [0.15, 0.2) is 0 Å². The summed E-state index contributed by atoms with van der Waals surface area (Å²) in [5, 5.41) is 11.0. The molecule has 20 heavy (non-hydrogen) atoms. The molecule has 100 valence electrons. The first kappa shape index (κ1) is 13.5. The average Bonchev–Trinajstić information content (AvgIpc) is 2.49. The van der Waals surface area contributed by atoms with Gasteiger partial charge in [-0.15, -0.1) is 0 Å². The molecular weight excluding hydrogens is 261 g/mol. The first-order valence-electron chi connectivity index (χ1n) is 5.58. The minimum atomic E-state index is -0.689.